The number of carbonyl (C=O) groups is 6. The van der Waals surface area contributed by atoms with Crippen molar-refractivity contribution < 1.29 is 58.5 Å². The predicted octanol–water partition coefficient (Wildman–Crippen LogP) is 0.330. The zero-order valence-electron chi connectivity index (χ0n) is 16.3. The third kappa shape index (κ3) is 8.07. The van der Waals surface area contributed by atoms with Crippen LogP contribution in [-0.4, -0.2) is 68.7 Å². The van der Waals surface area contributed by atoms with Crippen LogP contribution in [0.25, 0.3) is 0 Å². The van der Waals surface area contributed by atoms with Gasteiger partial charge in [-0.05, 0) is 26.7 Å². The SMILES string of the molecule is CC1=CC(=O)N(CCCC(=O)O)C1=O.CC1=CC(=O)N(CCCC(=O)O)C1=O.[Zn]. The molecule has 0 aliphatic carbocycles. The molecule has 2 rings (SSSR count). The minimum absolute atomic E-state index is 0. The van der Waals surface area contributed by atoms with E-state index in [1.165, 1.54) is 12.2 Å². The van der Waals surface area contributed by atoms with Crippen LogP contribution in [0.15, 0.2) is 23.3 Å². The summed E-state index contributed by atoms with van der Waals surface area (Å²) in [4.78, 5) is 67.4. The van der Waals surface area contributed by atoms with E-state index in [1.54, 1.807) is 13.8 Å². The molecule has 2 aliphatic heterocycles. The van der Waals surface area contributed by atoms with Crippen LogP contribution >= 0.6 is 0 Å². The number of rotatable bonds is 8. The number of amides is 4. The van der Waals surface area contributed by atoms with E-state index in [9.17, 15) is 28.8 Å². The van der Waals surface area contributed by atoms with Gasteiger partial charge in [-0.2, -0.15) is 0 Å². The fourth-order valence-corrected chi connectivity index (χ4v) is 2.48. The molecule has 10 nitrogen and oxygen atoms in total. The van der Waals surface area contributed by atoms with E-state index in [-0.39, 0.29) is 69.0 Å². The van der Waals surface area contributed by atoms with Crippen LogP contribution in [0, 0.1) is 0 Å². The van der Waals surface area contributed by atoms with Crippen molar-refractivity contribution in [2.75, 3.05) is 13.1 Å². The topological polar surface area (TPSA) is 149 Å². The molecule has 0 saturated heterocycles. The molecule has 0 aromatic carbocycles. The molecule has 0 atom stereocenters. The van der Waals surface area contributed by atoms with E-state index in [0.717, 1.165) is 9.80 Å². The van der Waals surface area contributed by atoms with Gasteiger partial charge >= 0.3 is 11.9 Å². The van der Waals surface area contributed by atoms with Crippen LogP contribution in [0.1, 0.15) is 39.5 Å². The van der Waals surface area contributed by atoms with Crippen LogP contribution in [0.5, 0.6) is 0 Å². The van der Waals surface area contributed by atoms with Gasteiger partial charge in [0.2, 0.25) is 0 Å². The predicted molar refractivity (Wildman–Crippen MR) is 94.7 cm³/mol. The number of carboxylic acids is 2. The van der Waals surface area contributed by atoms with Crippen molar-refractivity contribution in [3.8, 4) is 0 Å². The number of carbonyl (C=O) groups excluding carboxylic acids is 4. The average molecular weight is 460 g/mol. The maximum Gasteiger partial charge on any atom is 0.303 e. The summed E-state index contributed by atoms with van der Waals surface area (Å²) in [7, 11) is 0. The Hall–Kier alpha value is -2.68. The zero-order valence-corrected chi connectivity index (χ0v) is 19.3. The largest absolute Gasteiger partial charge is 0.481 e. The first-order valence-corrected chi connectivity index (χ1v) is 8.56. The fourth-order valence-electron chi connectivity index (χ4n) is 2.48. The fraction of sp³-hybridized carbons (Fsp3) is 0.444. The second kappa shape index (κ2) is 12.0. The minimum Gasteiger partial charge on any atom is -0.481 e. The first kappa shape index (κ1) is 26.3. The number of carboxylic acid groups (broad SMARTS) is 2. The molecule has 0 aromatic rings. The van der Waals surface area contributed by atoms with E-state index in [1.807, 2.05) is 0 Å². The molecule has 2 aliphatic rings. The zero-order chi connectivity index (χ0) is 21.4. The van der Waals surface area contributed by atoms with Crippen LogP contribution in [0.4, 0.5) is 0 Å². The summed E-state index contributed by atoms with van der Waals surface area (Å²) in [5.41, 5.74) is 0.815. The second-order valence-corrected chi connectivity index (χ2v) is 6.24. The third-order valence-corrected chi connectivity index (χ3v) is 3.92. The smallest absolute Gasteiger partial charge is 0.303 e. The molecule has 0 spiro atoms. The van der Waals surface area contributed by atoms with Crippen molar-refractivity contribution in [2.24, 2.45) is 0 Å². The quantitative estimate of drug-likeness (QED) is 0.389. The summed E-state index contributed by atoms with van der Waals surface area (Å²) in [5, 5.41) is 16.7. The van der Waals surface area contributed by atoms with Gasteiger partial charge in [-0.25, -0.2) is 0 Å². The summed E-state index contributed by atoms with van der Waals surface area (Å²) >= 11 is 0. The van der Waals surface area contributed by atoms with Gasteiger partial charge in [-0.1, -0.05) is 0 Å². The normalized spacial score (nSPS) is 15.5. The van der Waals surface area contributed by atoms with Crippen molar-refractivity contribution in [1.29, 1.82) is 0 Å². The van der Waals surface area contributed by atoms with Crippen LogP contribution < -0.4 is 0 Å². The Balaban J connectivity index is 0.000000523. The summed E-state index contributed by atoms with van der Waals surface area (Å²) in [6.45, 7) is 3.49. The van der Waals surface area contributed by atoms with E-state index in [0.29, 0.717) is 24.0 Å². The molecule has 2 heterocycles. The number of hydrogen-bond donors (Lipinski definition) is 2. The van der Waals surface area contributed by atoms with E-state index < -0.39 is 11.9 Å². The van der Waals surface area contributed by atoms with Crippen molar-refractivity contribution in [3.05, 3.63) is 23.3 Å². The van der Waals surface area contributed by atoms with Gasteiger partial charge in [-0.3, -0.25) is 38.6 Å². The van der Waals surface area contributed by atoms with Gasteiger partial charge in [0.15, 0.2) is 0 Å². The molecule has 0 radical (unpaired) electrons. The van der Waals surface area contributed by atoms with Gasteiger partial charge in [-0.15, -0.1) is 0 Å². The van der Waals surface area contributed by atoms with Gasteiger partial charge < -0.3 is 10.2 Å². The number of imide groups is 2. The standard InChI is InChI=1S/2C9H11NO4.Zn/c2*1-6-5-7(11)10(9(6)14)4-2-3-8(12)13;/h2*5H,2-4H2,1H3,(H,12,13);. The second-order valence-electron chi connectivity index (χ2n) is 6.24. The molecular formula is C18H22N2O8Zn. The van der Waals surface area contributed by atoms with Gasteiger partial charge in [0.25, 0.3) is 23.6 Å². The monoisotopic (exact) mass is 458 g/mol. The molecule has 4 amide bonds. The van der Waals surface area contributed by atoms with Crippen molar-refractivity contribution in [1.82, 2.24) is 9.80 Å². The first-order valence-electron chi connectivity index (χ1n) is 8.56. The first-order chi connectivity index (χ1) is 13.0. The Morgan fingerprint density at radius 1 is 0.759 bits per heavy atom. The van der Waals surface area contributed by atoms with Crippen molar-refractivity contribution >= 4 is 35.6 Å². The van der Waals surface area contributed by atoms with Crippen molar-refractivity contribution in [3.63, 3.8) is 0 Å². The third-order valence-electron chi connectivity index (χ3n) is 3.92. The minimum atomic E-state index is -0.922. The van der Waals surface area contributed by atoms with E-state index >= 15 is 0 Å². The summed E-state index contributed by atoms with van der Waals surface area (Å²) in [6.07, 6.45) is 3.07. The van der Waals surface area contributed by atoms with E-state index in [4.69, 9.17) is 10.2 Å². The average Bonchev–Trinajstić information content (AvgIpc) is 2.97. The molecular weight excluding hydrogens is 438 g/mol. The van der Waals surface area contributed by atoms with E-state index in [2.05, 4.69) is 0 Å². The number of aliphatic carboxylic acids is 2. The molecule has 0 aromatic heterocycles. The molecule has 154 valence electrons. The van der Waals surface area contributed by atoms with Crippen LogP contribution in [-0.2, 0) is 48.2 Å². The maximum absolute atomic E-state index is 11.3. The van der Waals surface area contributed by atoms with Crippen LogP contribution in [0.3, 0.4) is 0 Å². The van der Waals surface area contributed by atoms with Gasteiger partial charge in [0, 0.05) is 68.7 Å². The Kier molecular flexibility index (Phi) is 10.9. The molecule has 0 saturated carbocycles. The number of hydrogen-bond acceptors (Lipinski definition) is 6. The Labute approximate surface area is 180 Å². The molecule has 11 heteroatoms. The maximum atomic E-state index is 11.3. The van der Waals surface area contributed by atoms with Crippen LogP contribution in [0.2, 0.25) is 0 Å². The molecule has 29 heavy (non-hydrogen) atoms. The Morgan fingerprint density at radius 2 is 1.07 bits per heavy atom. The van der Waals surface area contributed by atoms with Crippen molar-refractivity contribution in [2.45, 2.75) is 39.5 Å². The Morgan fingerprint density at radius 3 is 1.28 bits per heavy atom. The van der Waals surface area contributed by atoms with Gasteiger partial charge in [0.05, 0.1) is 0 Å². The Bertz CT molecular complexity index is 708. The molecule has 0 fully saturated rings. The summed E-state index contributed by atoms with van der Waals surface area (Å²) in [6, 6.07) is 0. The van der Waals surface area contributed by atoms with Gasteiger partial charge in [0.1, 0.15) is 0 Å². The number of nitrogens with zero attached hydrogens (tertiary/aromatic N) is 2. The molecule has 0 bridgehead atoms. The summed E-state index contributed by atoms with van der Waals surface area (Å²) in [5.74, 6) is -3.18. The summed E-state index contributed by atoms with van der Waals surface area (Å²) < 4.78 is 0. The molecule has 0 unspecified atom stereocenters. The molecule has 2 N–H and O–H groups in total.